The van der Waals surface area contributed by atoms with Gasteiger partial charge in [0.15, 0.2) is 0 Å². The van der Waals surface area contributed by atoms with Crippen LogP contribution in [0.15, 0.2) is 0 Å². The largest absolute Gasteiger partial charge is 0.480 e. The molecule has 0 aromatic rings. The van der Waals surface area contributed by atoms with Gasteiger partial charge in [-0.05, 0) is 33.4 Å². The standard InChI is InChI=1S/C10H23N7O2/c1-16(2)7(8(18)19)5-3-4-6-17(10(13)14)15-9(11)12/h7H,3-6H2,1-2H3,(H3,13,14)(H,18,19)(H4,11,12,15)/t7-/m0/s1. The van der Waals surface area contributed by atoms with Crippen LogP contribution in [0.3, 0.4) is 0 Å². The van der Waals surface area contributed by atoms with Gasteiger partial charge in [-0.3, -0.25) is 30.9 Å². The van der Waals surface area contributed by atoms with E-state index in [2.05, 4.69) is 5.43 Å². The number of carboxylic acids is 1. The molecule has 0 radical (unpaired) electrons. The molecule has 0 aliphatic rings. The van der Waals surface area contributed by atoms with E-state index < -0.39 is 12.0 Å². The van der Waals surface area contributed by atoms with Crippen molar-refractivity contribution in [1.82, 2.24) is 15.3 Å². The monoisotopic (exact) mass is 273 g/mol. The van der Waals surface area contributed by atoms with Gasteiger partial charge in [0, 0.05) is 6.54 Å². The minimum atomic E-state index is -0.852. The second-order valence-corrected chi connectivity index (χ2v) is 4.38. The Balaban J connectivity index is 4.09. The number of nitrogens with one attached hydrogen (secondary N) is 3. The molecule has 0 aliphatic carbocycles. The summed E-state index contributed by atoms with van der Waals surface area (Å²) in [6.45, 7) is 0.384. The number of guanidine groups is 2. The summed E-state index contributed by atoms with van der Waals surface area (Å²) in [6.07, 6.45) is 1.81. The van der Waals surface area contributed by atoms with E-state index >= 15 is 0 Å². The van der Waals surface area contributed by atoms with E-state index in [0.717, 1.165) is 0 Å². The van der Waals surface area contributed by atoms with Gasteiger partial charge >= 0.3 is 5.97 Å². The Morgan fingerprint density at radius 3 is 2.26 bits per heavy atom. The van der Waals surface area contributed by atoms with Crippen LogP contribution in [0, 0.1) is 10.8 Å². The lowest BCUT2D eigenvalue weighted by atomic mass is 10.1. The Labute approximate surface area is 112 Å². The highest BCUT2D eigenvalue weighted by Crippen LogP contribution is 2.06. The van der Waals surface area contributed by atoms with Crippen LogP contribution in [-0.2, 0) is 4.79 Å². The lowest BCUT2D eigenvalue weighted by Crippen LogP contribution is -2.51. The summed E-state index contributed by atoms with van der Waals surface area (Å²) >= 11 is 0. The quantitative estimate of drug-likeness (QED) is 0.147. The highest BCUT2D eigenvalue weighted by molar-refractivity contribution is 5.80. The van der Waals surface area contributed by atoms with E-state index in [4.69, 9.17) is 27.4 Å². The maximum atomic E-state index is 11.0. The summed E-state index contributed by atoms with van der Waals surface area (Å²) in [5, 5.41) is 24.6. The fourth-order valence-corrected chi connectivity index (χ4v) is 1.59. The molecule has 0 aliphatic heterocycles. The van der Waals surface area contributed by atoms with E-state index in [0.29, 0.717) is 25.8 Å². The van der Waals surface area contributed by atoms with Crippen LogP contribution in [0.1, 0.15) is 19.3 Å². The number of rotatable bonds is 7. The van der Waals surface area contributed by atoms with Gasteiger partial charge in [0.25, 0.3) is 0 Å². The van der Waals surface area contributed by atoms with E-state index in [1.54, 1.807) is 19.0 Å². The maximum absolute atomic E-state index is 11.0. The van der Waals surface area contributed by atoms with Crippen LogP contribution in [0.5, 0.6) is 0 Å². The molecule has 9 nitrogen and oxygen atoms in total. The second kappa shape index (κ2) is 8.14. The number of hydrogen-bond donors (Lipinski definition) is 6. The van der Waals surface area contributed by atoms with Crippen molar-refractivity contribution >= 4 is 17.9 Å². The molecule has 0 spiro atoms. The van der Waals surface area contributed by atoms with E-state index in [1.165, 1.54) is 5.01 Å². The first kappa shape index (κ1) is 17.0. The van der Waals surface area contributed by atoms with Crippen LogP contribution in [0.25, 0.3) is 0 Å². The zero-order valence-corrected chi connectivity index (χ0v) is 11.3. The minimum Gasteiger partial charge on any atom is -0.480 e. The molecule has 0 saturated heterocycles. The third-order valence-electron chi connectivity index (χ3n) is 2.56. The number of likely N-dealkylation sites (N-methyl/N-ethyl adjacent to an activating group) is 1. The van der Waals surface area contributed by atoms with Crippen molar-refractivity contribution in [3.8, 4) is 0 Å². The molecule has 0 aromatic heterocycles. The smallest absolute Gasteiger partial charge is 0.320 e. The van der Waals surface area contributed by atoms with Crippen molar-refractivity contribution in [2.24, 2.45) is 11.5 Å². The lowest BCUT2D eigenvalue weighted by molar-refractivity contribution is -0.142. The van der Waals surface area contributed by atoms with Crippen LogP contribution in [0.2, 0.25) is 0 Å². The van der Waals surface area contributed by atoms with Crippen molar-refractivity contribution in [1.29, 1.82) is 10.8 Å². The highest BCUT2D eigenvalue weighted by atomic mass is 16.4. The molecule has 0 fully saturated rings. The number of hydrazine groups is 1. The Bertz CT molecular complexity index is 332. The lowest BCUT2D eigenvalue weighted by Gasteiger charge is -2.24. The number of carboxylic acid groups (broad SMARTS) is 1. The molecule has 0 bridgehead atoms. The summed E-state index contributed by atoms with van der Waals surface area (Å²) < 4.78 is 0. The van der Waals surface area contributed by atoms with Gasteiger partial charge in [0.05, 0.1) is 0 Å². The zero-order valence-electron chi connectivity index (χ0n) is 11.3. The normalized spacial score (nSPS) is 11.9. The van der Waals surface area contributed by atoms with Gasteiger partial charge in [-0.2, -0.15) is 0 Å². The molecule has 0 saturated carbocycles. The molecular formula is C10H23N7O2. The molecule has 0 unspecified atom stereocenters. The number of unbranched alkanes of at least 4 members (excludes halogenated alkanes) is 1. The fourth-order valence-electron chi connectivity index (χ4n) is 1.59. The first-order valence-corrected chi connectivity index (χ1v) is 5.87. The molecule has 0 aromatic carbocycles. The molecule has 9 heteroatoms. The third-order valence-corrected chi connectivity index (χ3v) is 2.56. The average molecular weight is 273 g/mol. The van der Waals surface area contributed by atoms with Crippen LogP contribution in [-0.4, -0.2) is 59.6 Å². The van der Waals surface area contributed by atoms with Gasteiger partial charge in [-0.25, -0.2) is 0 Å². The summed E-state index contributed by atoms with van der Waals surface area (Å²) in [6, 6.07) is -0.522. The van der Waals surface area contributed by atoms with E-state index in [9.17, 15) is 4.79 Å². The maximum Gasteiger partial charge on any atom is 0.320 e. The SMILES string of the molecule is CN(C)[C@@H](CCCCN(NC(=N)N)C(=N)N)C(=O)O. The number of nitrogens with zero attached hydrogens (tertiary/aromatic N) is 2. The summed E-state index contributed by atoms with van der Waals surface area (Å²) in [5.74, 6) is -1.39. The van der Waals surface area contributed by atoms with E-state index in [-0.39, 0.29) is 11.9 Å². The second-order valence-electron chi connectivity index (χ2n) is 4.38. The van der Waals surface area contributed by atoms with Crippen molar-refractivity contribution in [2.45, 2.75) is 25.3 Å². The third kappa shape index (κ3) is 7.09. The van der Waals surface area contributed by atoms with E-state index in [1.807, 2.05) is 0 Å². The predicted molar refractivity (Wildman–Crippen MR) is 72.6 cm³/mol. The Morgan fingerprint density at radius 2 is 1.89 bits per heavy atom. The number of carbonyl (C=O) groups is 1. The summed E-state index contributed by atoms with van der Waals surface area (Å²) in [4.78, 5) is 12.6. The van der Waals surface area contributed by atoms with Gasteiger partial charge < -0.3 is 16.6 Å². The van der Waals surface area contributed by atoms with Crippen molar-refractivity contribution in [2.75, 3.05) is 20.6 Å². The number of hydrogen-bond acceptors (Lipinski definition) is 4. The van der Waals surface area contributed by atoms with Gasteiger partial charge in [0.1, 0.15) is 6.04 Å². The van der Waals surface area contributed by atoms with Gasteiger partial charge in [-0.1, -0.05) is 0 Å². The fraction of sp³-hybridized carbons (Fsp3) is 0.700. The topological polar surface area (TPSA) is 156 Å². The summed E-state index contributed by atoms with van der Waals surface area (Å²) in [7, 11) is 3.44. The molecule has 19 heavy (non-hydrogen) atoms. The van der Waals surface area contributed by atoms with Crippen LogP contribution >= 0.6 is 0 Å². The summed E-state index contributed by atoms with van der Waals surface area (Å²) in [5.41, 5.74) is 12.9. The Kier molecular flexibility index (Phi) is 7.27. The Hall–Kier alpha value is -2.03. The molecule has 1 atom stereocenters. The zero-order chi connectivity index (χ0) is 15.0. The minimum absolute atomic E-state index is 0.238. The first-order chi connectivity index (χ1) is 8.75. The molecule has 8 N–H and O–H groups in total. The Morgan fingerprint density at radius 1 is 1.32 bits per heavy atom. The number of nitrogens with two attached hydrogens (primary N) is 2. The van der Waals surface area contributed by atoms with Crippen molar-refractivity contribution < 1.29 is 9.90 Å². The average Bonchev–Trinajstić information content (AvgIpc) is 2.25. The number of aliphatic carboxylic acids is 1. The van der Waals surface area contributed by atoms with Gasteiger partial charge in [0.2, 0.25) is 11.9 Å². The van der Waals surface area contributed by atoms with Gasteiger partial charge in [-0.15, -0.1) is 0 Å². The van der Waals surface area contributed by atoms with Crippen molar-refractivity contribution in [3.63, 3.8) is 0 Å². The first-order valence-electron chi connectivity index (χ1n) is 5.87. The highest BCUT2D eigenvalue weighted by Gasteiger charge is 2.19. The molecule has 0 heterocycles. The van der Waals surface area contributed by atoms with Crippen molar-refractivity contribution in [3.05, 3.63) is 0 Å². The predicted octanol–water partition coefficient (Wildman–Crippen LogP) is -1.23. The van der Waals surface area contributed by atoms with Crippen LogP contribution in [0.4, 0.5) is 0 Å². The molecule has 0 amide bonds. The molecular weight excluding hydrogens is 250 g/mol. The molecule has 0 rings (SSSR count). The van der Waals surface area contributed by atoms with Crippen LogP contribution < -0.4 is 16.9 Å². The molecule has 110 valence electrons.